The molecule has 0 amide bonds. The van der Waals surface area contributed by atoms with E-state index in [0.717, 1.165) is 16.7 Å². The van der Waals surface area contributed by atoms with E-state index in [-0.39, 0.29) is 11.2 Å². The van der Waals surface area contributed by atoms with E-state index < -0.39 is 7.12 Å². The fourth-order valence-corrected chi connectivity index (χ4v) is 2.25. The highest BCUT2D eigenvalue weighted by Gasteiger charge is 2.52. The normalized spacial score (nSPS) is 20.0. The lowest BCUT2D eigenvalue weighted by Crippen LogP contribution is -2.41. The zero-order chi connectivity index (χ0) is 15.3. The van der Waals surface area contributed by atoms with Crippen LogP contribution in [0, 0.1) is 0 Å². The van der Waals surface area contributed by atoms with E-state index in [1.54, 1.807) is 4.68 Å². The number of pyridine rings is 1. The average molecular weight is 285 g/mol. The summed E-state index contributed by atoms with van der Waals surface area (Å²) >= 11 is 0. The lowest BCUT2D eigenvalue weighted by atomic mass is 9.84. The smallest absolute Gasteiger partial charge is 0.398 e. The van der Waals surface area contributed by atoms with E-state index in [1.807, 2.05) is 65.5 Å². The molecule has 0 aliphatic carbocycles. The fourth-order valence-electron chi connectivity index (χ4n) is 2.25. The minimum absolute atomic E-state index is 0.346. The molecule has 3 rings (SSSR count). The quantitative estimate of drug-likeness (QED) is 0.789. The highest BCUT2D eigenvalue weighted by atomic mass is 16.7. The van der Waals surface area contributed by atoms with E-state index in [0.29, 0.717) is 0 Å². The number of aryl methyl sites for hydroxylation is 1. The van der Waals surface area contributed by atoms with Crippen LogP contribution in [-0.4, -0.2) is 33.1 Å². The summed E-state index contributed by atoms with van der Waals surface area (Å²) in [5, 5.41) is 4.17. The predicted molar refractivity (Wildman–Crippen MR) is 82.2 cm³/mol. The molecule has 21 heavy (non-hydrogen) atoms. The molecule has 2 aromatic rings. The van der Waals surface area contributed by atoms with Gasteiger partial charge >= 0.3 is 7.12 Å². The van der Waals surface area contributed by atoms with Crippen molar-refractivity contribution in [3.8, 4) is 11.1 Å². The van der Waals surface area contributed by atoms with Gasteiger partial charge in [-0.15, -0.1) is 0 Å². The first-order chi connectivity index (χ1) is 9.78. The molecule has 0 aromatic carbocycles. The molecular weight excluding hydrogens is 265 g/mol. The SMILES string of the molecule is Cn1cc(-c2ccc(B3OC(C)(C)C(C)(C)O3)nc2)cn1. The van der Waals surface area contributed by atoms with Crippen molar-refractivity contribution in [3.63, 3.8) is 0 Å². The number of hydrogen-bond acceptors (Lipinski definition) is 4. The van der Waals surface area contributed by atoms with Crippen molar-refractivity contribution in [3.05, 3.63) is 30.7 Å². The van der Waals surface area contributed by atoms with Crippen LogP contribution < -0.4 is 5.59 Å². The Morgan fingerprint density at radius 2 is 1.67 bits per heavy atom. The third-order valence-electron chi connectivity index (χ3n) is 4.32. The van der Waals surface area contributed by atoms with Crippen LogP contribution in [0.2, 0.25) is 0 Å². The van der Waals surface area contributed by atoms with E-state index in [4.69, 9.17) is 9.31 Å². The summed E-state index contributed by atoms with van der Waals surface area (Å²) in [4.78, 5) is 4.49. The van der Waals surface area contributed by atoms with Crippen molar-refractivity contribution in [1.29, 1.82) is 0 Å². The molecule has 5 nitrogen and oxygen atoms in total. The molecular formula is C15H20BN3O2. The van der Waals surface area contributed by atoms with Gasteiger partial charge in [-0.05, 0) is 33.8 Å². The second-order valence-corrected chi connectivity index (χ2v) is 6.46. The largest absolute Gasteiger partial charge is 0.514 e. The van der Waals surface area contributed by atoms with Gasteiger partial charge in [0.15, 0.2) is 0 Å². The molecule has 0 bridgehead atoms. The van der Waals surface area contributed by atoms with E-state index in [2.05, 4.69) is 10.1 Å². The summed E-state index contributed by atoms with van der Waals surface area (Å²) in [5.41, 5.74) is 2.18. The number of rotatable bonds is 2. The van der Waals surface area contributed by atoms with Gasteiger partial charge in [-0.25, -0.2) is 0 Å². The second-order valence-electron chi connectivity index (χ2n) is 6.46. The molecule has 6 heteroatoms. The molecule has 0 radical (unpaired) electrons. The molecule has 0 atom stereocenters. The average Bonchev–Trinajstić information content (AvgIpc) is 2.92. The lowest BCUT2D eigenvalue weighted by Gasteiger charge is -2.32. The van der Waals surface area contributed by atoms with Gasteiger partial charge in [-0.2, -0.15) is 5.10 Å². The van der Waals surface area contributed by atoms with Crippen LogP contribution in [0.3, 0.4) is 0 Å². The highest BCUT2D eigenvalue weighted by Crippen LogP contribution is 2.36. The number of hydrogen-bond donors (Lipinski definition) is 0. The van der Waals surface area contributed by atoms with E-state index in [1.165, 1.54) is 0 Å². The van der Waals surface area contributed by atoms with Crippen LogP contribution in [0.25, 0.3) is 11.1 Å². The molecule has 2 aromatic heterocycles. The topological polar surface area (TPSA) is 49.2 Å². The van der Waals surface area contributed by atoms with Gasteiger partial charge in [-0.3, -0.25) is 9.67 Å². The molecule has 0 unspecified atom stereocenters. The first kappa shape index (κ1) is 14.3. The van der Waals surface area contributed by atoms with Crippen LogP contribution in [0.15, 0.2) is 30.7 Å². The summed E-state index contributed by atoms with van der Waals surface area (Å²) in [6.07, 6.45) is 5.62. The number of nitrogens with zero attached hydrogens (tertiary/aromatic N) is 3. The van der Waals surface area contributed by atoms with E-state index in [9.17, 15) is 0 Å². The molecule has 1 aliphatic heterocycles. The molecule has 1 saturated heterocycles. The zero-order valence-corrected chi connectivity index (χ0v) is 13.1. The maximum absolute atomic E-state index is 6.00. The van der Waals surface area contributed by atoms with Gasteiger partial charge in [0.2, 0.25) is 0 Å². The maximum Gasteiger partial charge on any atom is 0.514 e. The van der Waals surface area contributed by atoms with Gasteiger partial charge < -0.3 is 9.31 Å². The molecule has 3 heterocycles. The van der Waals surface area contributed by atoms with Crippen molar-refractivity contribution in [1.82, 2.24) is 14.8 Å². The highest BCUT2D eigenvalue weighted by molar-refractivity contribution is 6.61. The molecule has 0 saturated carbocycles. The molecule has 0 N–H and O–H groups in total. The third-order valence-corrected chi connectivity index (χ3v) is 4.32. The Hall–Kier alpha value is -1.66. The van der Waals surface area contributed by atoms with Gasteiger partial charge in [0.1, 0.15) is 0 Å². The van der Waals surface area contributed by atoms with Crippen molar-refractivity contribution in [2.45, 2.75) is 38.9 Å². The predicted octanol–water partition coefficient (Wildman–Crippen LogP) is 1.78. The van der Waals surface area contributed by atoms with Crippen molar-refractivity contribution in [2.24, 2.45) is 7.05 Å². The Morgan fingerprint density at radius 1 is 1.00 bits per heavy atom. The Morgan fingerprint density at radius 3 is 2.14 bits per heavy atom. The second kappa shape index (κ2) is 4.68. The number of aromatic nitrogens is 3. The Bertz CT molecular complexity index is 633. The van der Waals surface area contributed by atoms with Gasteiger partial charge in [0.05, 0.1) is 23.0 Å². The van der Waals surface area contributed by atoms with Gasteiger partial charge in [0, 0.05) is 30.6 Å². The summed E-state index contributed by atoms with van der Waals surface area (Å²) < 4.78 is 13.8. The molecule has 0 spiro atoms. The summed E-state index contributed by atoms with van der Waals surface area (Å²) in [6.45, 7) is 8.15. The monoisotopic (exact) mass is 285 g/mol. The molecule has 1 aliphatic rings. The summed E-state index contributed by atoms with van der Waals surface area (Å²) in [7, 11) is 1.48. The van der Waals surface area contributed by atoms with Crippen LogP contribution in [-0.2, 0) is 16.4 Å². The van der Waals surface area contributed by atoms with Gasteiger partial charge in [-0.1, -0.05) is 6.07 Å². The van der Waals surface area contributed by atoms with Crippen molar-refractivity contribution >= 4 is 12.7 Å². The van der Waals surface area contributed by atoms with Crippen LogP contribution in [0.1, 0.15) is 27.7 Å². The zero-order valence-electron chi connectivity index (χ0n) is 13.1. The first-order valence-corrected chi connectivity index (χ1v) is 7.09. The van der Waals surface area contributed by atoms with Crippen molar-refractivity contribution in [2.75, 3.05) is 0 Å². The van der Waals surface area contributed by atoms with Gasteiger partial charge in [0.25, 0.3) is 0 Å². The molecule has 1 fully saturated rings. The van der Waals surface area contributed by atoms with Crippen LogP contribution >= 0.6 is 0 Å². The standard InChI is InChI=1S/C15H20BN3O2/c1-14(2)15(3,4)21-16(20-14)13-7-6-11(8-17-13)12-9-18-19(5)10-12/h6-10H,1-5H3. The molecule has 110 valence electrons. The Labute approximate surface area is 125 Å². The maximum atomic E-state index is 6.00. The summed E-state index contributed by atoms with van der Waals surface area (Å²) in [6, 6.07) is 3.97. The van der Waals surface area contributed by atoms with E-state index >= 15 is 0 Å². The minimum Gasteiger partial charge on any atom is -0.398 e. The lowest BCUT2D eigenvalue weighted by molar-refractivity contribution is 0.00578. The van der Waals surface area contributed by atoms with Crippen molar-refractivity contribution < 1.29 is 9.31 Å². The van der Waals surface area contributed by atoms with Crippen LogP contribution in [0.4, 0.5) is 0 Å². The third kappa shape index (κ3) is 2.49. The van der Waals surface area contributed by atoms with Crippen LogP contribution in [0.5, 0.6) is 0 Å². The Kier molecular flexibility index (Phi) is 3.18. The summed E-state index contributed by atoms with van der Waals surface area (Å²) in [5.74, 6) is 0. The first-order valence-electron chi connectivity index (χ1n) is 7.09. The Balaban J connectivity index is 1.83. The fraction of sp³-hybridized carbons (Fsp3) is 0.467. The minimum atomic E-state index is -0.419.